The summed E-state index contributed by atoms with van der Waals surface area (Å²) in [5, 5.41) is 9.43. The molecule has 0 bridgehead atoms. The molecule has 1 aromatic heterocycles. The zero-order valence-electron chi connectivity index (χ0n) is 9.85. The molecule has 0 saturated heterocycles. The lowest BCUT2D eigenvalue weighted by atomic mass is 10.3. The maximum atomic E-state index is 11.7. The minimum absolute atomic E-state index is 0.0593. The van der Waals surface area contributed by atoms with Crippen molar-refractivity contribution in [2.24, 2.45) is 0 Å². The molecule has 1 aromatic carbocycles. The van der Waals surface area contributed by atoms with E-state index in [-0.39, 0.29) is 18.0 Å². The predicted octanol–water partition coefficient (Wildman–Crippen LogP) is 1.20. The summed E-state index contributed by atoms with van der Waals surface area (Å²) in [6.07, 6.45) is 3.14. The molecule has 0 spiro atoms. The summed E-state index contributed by atoms with van der Waals surface area (Å²) in [5.74, 6) is -0.365. The summed E-state index contributed by atoms with van der Waals surface area (Å²) in [4.78, 5) is 3.87. The Labute approximate surface area is 111 Å². The van der Waals surface area contributed by atoms with E-state index in [4.69, 9.17) is 4.18 Å². The highest BCUT2D eigenvalue weighted by atomic mass is 32.2. The third-order valence-corrected chi connectivity index (χ3v) is 3.14. The van der Waals surface area contributed by atoms with Gasteiger partial charge in [0.05, 0.1) is 0 Å². The van der Waals surface area contributed by atoms with Crippen molar-refractivity contribution in [3.8, 4) is 11.5 Å². The molecule has 0 saturated carbocycles. The van der Waals surface area contributed by atoms with Crippen LogP contribution < -0.4 is 8.91 Å². The Kier molecular flexibility index (Phi) is 3.98. The quantitative estimate of drug-likeness (QED) is 0.859. The number of aromatic nitrogens is 1. The number of para-hydroxylation sites is 2. The maximum absolute atomic E-state index is 11.7. The van der Waals surface area contributed by atoms with Gasteiger partial charge in [-0.25, -0.2) is 0 Å². The van der Waals surface area contributed by atoms with Gasteiger partial charge in [-0.05, 0) is 23.8 Å². The first-order valence-corrected chi connectivity index (χ1v) is 6.83. The molecular weight excluding hydrogens is 268 g/mol. The molecule has 0 aliphatic rings. The summed E-state index contributed by atoms with van der Waals surface area (Å²) in [5.41, 5.74) is 0.701. The van der Waals surface area contributed by atoms with Crippen LogP contribution in [0.3, 0.4) is 0 Å². The predicted molar refractivity (Wildman–Crippen MR) is 68.7 cm³/mol. The van der Waals surface area contributed by atoms with Crippen LogP contribution in [0, 0.1) is 0 Å². The fourth-order valence-electron chi connectivity index (χ4n) is 1.35. The van der Waals surface area contributed by atoms with Gasteiger partial charge < -0.3 is 9.29 Å². The van der Waals surface area contributed by atoms with E-state index in [9.17, 15) is 13.5 Å². The fourth-order valence-corrected chi connectivity index (χ4v) is 2.13. The van der Waals surface area contributed by atoms with E-state index in [2.05, 4.69) is 9.71 Å². The van der Waals surface area contributed by atoms with E-state index < -0.39 is 10.3 Å². The van der Waals surface area contributed by atoms with E-state index in [0.717, 1.165) is 0 Å². The van der Waals surface area contributed by atoms with Crippen molar-refractivity contribution >= 4 is 10.3 Å². The van der Waals surface area contributed by atoms with Gasteiger partial charge in [-0.1, -0.05) is 18.2 Å². The standard InChI is InChI=1S/C12H12N2O4S/c15-11-5-1-2-6-12(11)18-19(16,17)14-9-10-4-3-7-13-8-10/h1-8,14-15H,9H2. The number of benzene rings is 1. The summed E-state index contributed by atoms with van der Waals surface area (Å²) in [6, 6.07) is 9.26. The number of rotatable bonds is 5. The Balaban J connectivity index is 2.02. The number of phenols is 1. The molecule has 2 rings (SSSR count). The Morgan fingerprint density at radius 2 is 2.00 bits per heavy atom. The summed E-state index contributed by atoms with van der Waals surface area (Å²) < 4.78 is 30.3. The Hall–Kier alpha value is -2.12. The molecule has 0 atom stereocenters. The molecule has 0 amide bonds. The zero-order valence-corrected chi connectivity index (χ0v) is 10.7. The first-order valence-electron chi connectivity index (χ1n) is 5.43. The van der Waals surface area contributed by atoms with Crippen molar-refractivity contribution in [3.63, 3.8) is 0 Å². The number of nitrogens with zero attached hydrogens (tertiary/aromatic N) is 1. The van der Waals surface area contributed by atoms with E-state index >= 15 is 0 Å². The lowest BCUT2D eigenvalue weighted by molar-refractivity contribution is 0.422. The summed E-state index contributed by atoms with van der Waals surface area (Å²) in [6.45, 7) is 0.0593. The third-order valence-electron chi connectivity index (χ3n) is 2.24. The smallest absolute Gasteiger partial charge is 0.383 e. The van der Waals surface area contributed by atoms with Crippen LogP contribution >= 0.6 is 0 Å². The zero-order chi connectivity index (χ0) is 13.7. The average molecular weight is 280 g/mol. The molecule has 6 nitrogen and oxygen atoms in total. The van der Waals surface area contributed by atoms with Gasteiger partial charge >= 0.3 is 10.3 Å². The van der Waals surface area contributed by atoms with Crippen molar-refractivity contribution in [1.29, 1.82) is 0 Å². The lowest BCUT2D eigenvalue weighted by Crippen LogP contribution is -2.27. The van der Waals surface area contributed by atoms with Crippen LogP contribution in [-0.4, -0.2) is 18.5 Å². The second-order valence-electron chi connectivity index (χ2n) is 3.69. The average Bonchev–Trinajstić information content (AvgIpc) is 2.40. The first kappa shape index (κ1) is 13.3. The molecule has 19 heavy (non-hydrogen) atoms. The van der Waals surface area contributed by atoms with Gasteiger partial charge in [-0.2, -0.15) is 13.1 Å². The molecule has 1 heterocycles. The largest absolute Gasteiger partial charge is 0.504 e. The van der Waals surface area contributed by atoms with Crippen molar-refractivity contribution in [2.45, 2.75) is 6.54 Å². The molecule has 0 aliphatic carbocycles. The van der Waals surface area contributed by atoms with Gasteiger partial charge in [0, 0.05) is 18.9 Å². The second kappa shape index (κ2) is 5.68. The fraction of sp³-hybridized carbons (Fsp3) is 0.0833. The van der Waals surface area contributed by atoms with Crippen LogP contribution in [0.4, 0.5) is 0 Å². The van der Waals surface area contributed by atoms with E-state index in [0.29, 0.717) is 5.56 Å². The van der Waals surface area contributed by atoms with Crippen molar-refractivity contribution in [2.75, 3.05) is 0 Å². The SMILES string of the molecule is O=S(=O)(NCc1cccnc1)Oc1ccccc1O. The molecule has 0 fully saturated rings. The van der Waals surface area contributed by atoms with Crippen molar-refractivity contribution < 1.29 is 17.7 Å². The molecule has 2 N–H and O–H groups in total. The highest BCUT2D eigenvalue weighted by Crippen LogP contribution is 2.25. The van der Waals surface area contributed by atoms with Crippen LogP contribution in [0.1, 0.15) is 5.56 Å². The van der Waals surface area contributed by atoms with Crippen molar-refractivity contribution in [1.82, 2.24) is 9.71 Å². The molecule has 100 valence electrons. The molecule has 0 unspecified atom stereocenters. The molecule has 2 aromatic rings. The number of hydrogen-bond acceptors (Lipinski definition) is 5. The highest BCUT2D eigenvalue weighted by Gasteiger charge is 2.14. The van der Waals surface area contributed by atoms with Gasteiger partial charge in [-0.15, -0.1) is 0 Å². The molecule has 0 aliphatic heterocycles. The van der Waals surface area contributed by atoms with Gasteiger partial charge in [-0.3, -0.25) is 4.98 Å². The topological polar surface area (TPSA) is 88.5 Å². The Bertz CT molecular complexity index is 644. The van der Waals surface area contributed by atoms with Gasteiger partial charge in [0.15, 0.2) is 11.5 Å². The van der Waals surface area contributed by atoms with Crippen LogP contribution in [0.2, 0.25) is 0 Å². The van der Waals surface area contributed by atoms with Gasteiger partial charge in [0.1, 0.15) is 0 Å². The Morgan fingerprint density at radius 3 is 2.68 bits per heavy atom. The van der Waals surface area contributed by atoms with Crippen molar-refractivity contribution in [3.05, 3.63) is 54.4 Å². The van der Waals surface area contributed by atoms with Gasteiger partial charge in [0.2, 0.25) is 0 Å². The van der Waals surface area contributed by atoms with E-state index in [1.807, 2.05) is 0 Å². The van der Waals surface area contributed by atoms with Crippen LogP contribution in [0.25, 0.3) is 0 Å². The maximum Gasteiger partial charge on any atom is 0.383 e. The van der Waals surface area contributed by atoms with Crippen LogP contribution in [0.5, 0.6) is 11.5 Å². The Morgan fingerprint density at radius 1 is 1.21 bits per heavy atom. The highest BCUT2D eigenvalue weighted by molar-refractivity contribution is 7.85. The number of nitrogens with one attached hydrogen (secondary N) is 1. The van der Waals surface area contributed by atoms with Crippen LogP contribution in [-0.2, 0) is 16.8 Å². The summed E-state index contributed by atoms with van der Waals surface area (Å²) in [7, 11) is -3.99. The lowest BCUT2D eigenvalue weighted by Gasteiger charge is -2.09. The normalized spacial score (nSPS) is 11.2. The second-order valence-corrected chi connectivity index (χ2v) is 5.05. The van der Waals surface area contributed by atoms with Gasteiger partial charge in [0.25, 0.3) is 0 Å². The molecule has 7 heteroatoms. The number of phenolic OH excluding ortho intramolecular Hbond substituents is 1. The monoisotopic (exact) mass is 280 g/mol. The number of pyridine rings is 1. The van der Waals surface area contributed by atoms with E-state index in [1.165, 1.54) is 12.1 Å². The number of aromatic hydroxyl groups is 1. The molecular formula is C12H12N2O4S. The third kappa shape index (κ3) is 3.94. The minimum Gasteiger partial charge on any atom is -0.504 e. The molecule has 0 radical (unpaired) electrons. The van der Waals surface area contributed by atoms with Crippen LogP contribution in [0.15, 0.2) is 48.8 Å². The first-order chi connectivity index (χ1) is 9.07. The summed E-state index contributed by atoms with van der Waals surface area (Å²) >= 11 is 0. The number of hydrogen-bond donors (Lipinski definition) is 2. The minimum atomic E-state index is -3.99. The van der Waals surface area contributed by atoms with E-state index in [1.54, 1.807) is 36.7 Å².